The highest BCUT2D eigenvalue weighted by Gasteiger charge is 2.24. The van der Waals surface area contributed by atoms with Gasteiger partial charge in [0, 0.05) is 18.4 Å². The van der Waals surface area contributed by atoms with Crippen molar-refractivity contribution >= 4 is 40.4 Å². The van der Waals surface area contributed by atoms with Gasteiger partial charge in [-0.15, -0.1) is 0 Å². The number of carbonyl (C=O) groups excluding carboxylic acids is 2. The molecule has 0 saturated carbocycles. The van der Waals surface area contributed by atoms with E-state index >= 15 is 0 Å². The van der Waals surface area contributed by atoms with Gasteiger partial charge in [0.25, 0.3) is 5.91 Å². The summed E-state index contributed by atoms with van der Waals surface area (Å²) in [4.78, 5) is 47.1. The van der Waals surface area contributed by atoms with Crippen LogP contribution in [0.1, 0.15) is 30.1 Å². The highest BCUT2D eigenvalue weighted by molar-refractivity contribution is 6.34. The van der Waals surface area contributed by atoms with E-state index in [1.165, 1.54) is 12.1 Å². The molecule has 0 aliphatic heterocycles. The van der Waals surface area contributed by atoms with Gasteiger partial charge in [0.05, 0.1) is 5.02 Å². The van der Waals surface area contributed by atoms with Crippen LogP contribution in [-0.2, 0) is 9.59 Å². The summed E-state index contributed by atoms with van der Waals surface area (Å²) in [5, 5.41) is 14.6. The van der Waals surface area contributed by atoms with Crippen LogP contribution in [0.3, 0.4) is 0 Å². The molecule has 138 valence electrons. The zero-order valence-corrected chi connectivity index (χ0v) is 14.6. The minimum Gasteiger partial charge on any atom is -0.480 e. The summed E-state index contributed by atoms with van der Waals surface area (Å²) in [7, 11) is 0. The van der Waals surface area contributed by atoms with E-state index in [4.69, 9.17) is 16.0 Å². The number of benzene rings is 1. The topological polar surface area (TPSA) is 126 Å². The Balaban J connectivity index is 2.20. The van der Waals surface area contributed by atoms with Crippen LogP contribution in [0.5, 0.6) is 0 Å². The largest absolute Gasteiger partial charge is 0.480 e. The smallest absolute Gasteiger partial charge is 0.349 e. The first-order chi connectivity index (χ1) is 12.3. The average Bonchev–Trinajstić information content (AvgIpc) is 2.58. The van der Waals surface area contributed by atoms with Crippen molar-refractivity contribution in [1.82, 2.24) is 10.6 Å². The summed E-state index contributed by atoms with van der Waals surface area (Å²) in [5.74, 6) is -2.53. The minimum absolute atomic E-state index is 0.0764. The Kier molecular flexibility index (Phi) is 6.35. The molecule has 1 unspecified atom stereocenters. The van der Waals surface area contributed by atoms with E-state index in [-0.39, 0.29) is 34.9 Å². The van der Waals surface area contributed by atoms with E-state index in [0.29, 0.717) is 11.9 Å². The van der Waals surface area contributed by atoms with Crippen molar-refractivity contribution in [2.24, 2.45) is 0 Å². The highest BCUT2D eigenvalue weighted by atomic mass is 35.5. The Hall–Kier alpha value is -2.87. The molecule has 2 aromatic rings. The third-order valence-electron chi connectivity index (χ3n) is 3.59. The molecule has 9 heteroatoms. The van der Waals surface area contributed by atoms with Crippen molar-refractivity contribution in [2.75, 3.05) is 6.54 Å². The van der Waals surface area contributed by atoms with E-state index < -0.39 is 23.5 Å². The van der Waals surface area contributed by atoms with E-state index in [9.17, 15) is 24.3 Å². The maximum absolute atomic E-state index is 12.3. The van der Waals surface area contributed by atoms with Crippen LogP contribution in [0.15, 0.2) is 33.5 Å². The molecule has 3 N–H and O–H groups in total. The predicted octanol–water partition coefficient (Wildman–Crippen LogP) is 1.55. The molecule has 0 saturated heterocycles. The number of nitrogens with one attached hydrogen (secondary N) is 2. The molecular formula is C17H17ClN2O6. The third kappa shape index (κ3) is 4.60. The van der Waals surface area contributed by atoms with Crippen molar-refractivity contribution in [3.63, 3.8) is 0 Å². The first-order valence-corrected chi connectivity index (χ1v) is 8.24. The predicted molar refractivity (Wildman–Crippen MR) is 94.3 cm³/mol. The molecule has 0 aliphatic rings. The lowest BCUT2D eigenvalue weighted by atomic mass is 10.1. The van der Waals surface area contributed by atoms with Gasteiger partial charge in [-0.2, -0.15) is 0 Å². The molecule has 2 rings (SSSR count). The summed E-state index contributed by atoms with van der Waals surface area (Å²) in [6.07, 6.45) is -0.190. The molecule has 0 radical (unpaired) electrons. The molecule has 26 heavy (non-hydrogen) atoms. The number of hydrogen-bond acceptors (Lipinski definition) is 5. The van der Waals surface area contributed by atoms with Crippen molar-refractivity contribution in [3.05, 3.63) is 45.3 Å². The van der Waals surface area contributed by atoms with E-state index in [2.05, 4.69) is 10.6 Å². The third-order valence-corrected chi connectivity index (χ3v) is 3.89. The Morgan fingerprint density at radius 3 is 2.69 bits per heavy atom. The van der Waals surface area contributed by atoms with Crippen LogP contribution < -0.4 is 16.3 Å². The fourth-order valence-corrected chi connectivity index (χ4v) is 2.54. The zero-order valence-electron chi connectivity index (χ0n) is 13.9. The first-order valence-electron chi connectivity index (χ1n) is 7.86. The lowest BCUT2D eigenvalue weighted by molar-refractivity contribution is -0.139. The number of carboxylic acids is 1. The number of fused-ring (bicyclic) bond motifs is 1. The molecule has 8 nitrogen and oxygen atoms in total. The highest BCUT2D eigenvalue weighted by Crippen LogP contribution is 2.22. The van der Waals surface area contributed by atoms with E-state index in [1.807, 2.05) is 0 Å². The van der Waals surface area contributed by atoms with Gasteiger partial charge < -0.3 is 20.2 Å². The second-order valence-corrected chi connectivity index (χ2v) is 5.87. The van der Waals surface area contributed by atoms with Crippen LogP contribution in [-0.4, -0.2) is 35.5 Å². The van der Waals surface area contributed by atoms with E-state index in [1.54, 1.807) is 19.1 Å². The Morgan fingerprint density at radius 2 is 2.04 bits per heavy atom. The van der Waals surface area contributed by atoms with Crippen LogP contribution in [0.2, 0.25) is 5.02 Å². The van der Waals surface area contributed by atoms with Gasteiger partial charge in [-0.25, -0.2) is 9.59 Å². The molecule has 0 aliphatic carbocycles. The quantitative estimate of drug-likeness (QED) is 0.625. The molecule has 2 amide bonds. The lowest BCUT2D eigenvalue weighted by Gasteiger charge is -2.14. The first kappa shape index (κ1) is 19.5. The molecule has 1 aromatic heterocycles. The molecule has 1 heterocycles. The van der Waals surface area contributed by atoms with Gasteiger partial charge >= 0.3 is 11.6 Å². The molecule has 1 atom stereocenters. The Morgan fingerprint density at radius 1 is 1.31 bits per heavy atom. The Labute approximate surface area is 153 Å². The zero-order chi connectivity index (χ0) is 19.3. The average molecular weight is 381 g/mol. The van der Waals surface area contributed by atoms with Gasteiger partial charge in [-0.3, -0.25) is 9.59 Å². The summed E-state index contributed by atoms with van der Waals surface area (Å²) in [5.41, 5.74) is -1.14. The fourth-order valence-electron chi connectivity index (χ4n) is 2.32. The normalized spacial score (nSPS) is 11.8. The molecule has 0 bridgehead atoms. The lowest BCUT2D eigenvalue weighted by Crippen LogP contribution is -2.43. The fraction of sp³-hybridized carbons (Fsp3) is 0.294. The van der Waals surface area contributed by atoms with Gasteiger partial charge in [-0.05, 0) is 25.5 Å². The van der Waals surface area contributed by atoms with Gasteiger partial charge in [0.2, 0.25) is 5.91 Å². The number of carbonyl (C=O) groups is 3. The number of amides is 2. The SMILES string of the molecule is CCNC(=O)CCC(NC(=O)c1cc2cccc(Cl)c2oc1=O)C(=O)O. The standard InChI is InChI=1S/C17H17ClN2O6/c1-2-19-13(21)7-6-12(16(23)24)20-15(22)10-8-9-4-3-5-11(18)14(9)26-17(10)25/h3-5,8,12H,2,6-7H2,1H3,(H,19,21)(H,20,22)(H,23,24). The Bertz CT molecular complexity index is 908. The number of halogens is 1. The van der Waals surface area contributed by atoms with Gasteiger partial charge in [0.1, 0.15) is 11.6 Å². The van der Waals surface area contributed by atoms with Gasteiger partial charge in [-0.1, -0.05) is 23.7 Å². The summed E-state index contributed by atoms with van der Waals surface area (Å²) in [6, 6.07) is 4.72. The summed E-state index contributed by atoms with van der Waals surface area (Å²) < 4.78 is 5.06. The van der Waals surface area contributed by atoms with Crippen molar-refractivity contribution in [1.29, 1.82) is 0 Å². The van der Waals surface area contributed by atoms with Crippen LogP contribution in [0.4, 0.5) is 0 Å². The number of aliphatic carboxylic acids is 1. The second-order valence-electron chi connectivity index (χ2n) is 5.46. The number of carboxylic acid groups (broad SMARTS) is 1. The van der Waals surface area contributed by atoms with E-state index in [0.717, 1.165) is 0 Å². The summed E-state index contributed by atoms with van der Waals surface area (Å²) in [6.45, 7) is 2.16. The number of hydrogen-bond donors (Lipinski definition) is 3. The van der Waals surface area contributed by atoms with Crippen LogP contribution in [0.25, 0.3) is 11.0 Å². The maximum Gasteiger partial charge on any atom is 0.349 e. The second kappa shape index (κ2) is 8.48. The molecule has 0 fully saturated rings. The number of rotatable bonds is 7. The molecular weight excluding hydrogens is 364 g/mol. The molecule has 0 spiro atoms. The maximum atomic E-state index is 12.3. The van der Waals surface area contributed by atoms with Crippen LogP contribution in [0, 0.1) is 0 Å². The van der Waals surface area contributed by atoms with Crippen molar-refractivity contribution in [2.45, 2.75) is 25.8 Å². The van der Waals surface area contributed by atoms with Crippen molar-refractivity contribution in [3.8, 4) is 0 Å². The monoisotopic (exact) mass is 380 g/mol. The van der Waals surface area contributed by atoms with Crippen molar-refractivity contribution < 1.29 is 23.9 Å². The number of para-hydroxylation sites is 1. The van der Waals surface area contributed by atoms with Gasteiger partial charge in [0.15, 0.2) is 5.58 Å². The van der Waals surface area contributed by atoms with Crippen LogP contribution >= 0.6 is 11.6 Å². The molecule has 1 aromatic carbocycles. The summed E-state index contributed by atoms with van der Waals surface area (Å²) >= 11 is 5.93. The minimum atomic E-state index is -1.32.